The third-order valence-corrected chi connectivity index (χ3v) is 7.82. The number of hydrogen-bond donors (Lipinski definition) is 0. The van der Waals surface area contributed by atoms with Crippen molar-refractivity contribution in [3.63, 3.8) is 0 Å². The Morgan fingerprint density at radius 2 is 1.80 bits per heavy atom. The van der Waals surface area contributed by atoms with Crippen molar-refractivity contribution in [1.29, 1.82) is 0 Å². The van der Waals surface area contributed by atoms with Crippen LogP contribution in [-0.2, 0) is 25.4 Å². The number of aromatic nitrogens is 2. The Balaban J connectivity index is 1.68. The van der Waals surface area contributed by atoms with Gasteiger partial charge in [0, 0.05) is 35.5 Å². The number of carbonyl (C=O) groups excluding carboxylic acids is 1. The fraction of sp³-hybridized carbons (Fsp3) is 0.500. The first kappa shape index (κ1) is 30.7. The summed E-state index contributed by atoms with van der Waals surface area (Å²) in [6.07, 6.45) is 3.65. The van der Waals surface area contributed by atoms with Gasteiger partial charge in [0.2, 0.25) is 0 Å². The second-order valence-electron chi connectivity index (χ2n) is 12.1. The van der Waals surface area contributed by atoms with E-state index in [1.54, 1.807) is 6.20 Å². The van der Waals surface area contributed by atoms with Gasteiger partial charge in [0.15, 0.2) is 5.79 Å². The zero-order valence-corrected chi connectivity index (χ0v) is 26.6. The molecule has 4 rings (SSSR count). The molecule has 3 heterocycles. The number of halogens is 2. The van der Waals surface area contributed by atoms with Gasteiger partial charge in [-0.15, -0.1) is 0 Å². The predicted octanol–water partition coefficient (Wildman–Crippen LogP) is 8.12. The Hall–Kier alpha value is -2.30. The number of benzene rings is 1. The van der Waals surface area contributed by atoms with E-state index in [9.17, 15) is 9.18 Å². The molecular formula is C32H40FIN2O4. The molecule has 1 fully saturated rings. The number of pyridine rings is 1. The number of nitrogens with zero attached hydrogens (tertiary/aromatic N) is 2. The van der Waals surface area contributed by atoms with Gasteiger partial charge in [-0.25, -0.2) is 4.39 Å². The van der Waals surface area contributed by atoms with Crippen LogP contribution >= 0.6 is 22.6 Å². The van der Waals surface area contributed by atoms with Crippen LogP contribution in [0.25, 0.3) is 22.4 Å². The quantitative estimate of drug-likeness (QED) is 0.180. The normalized spacial score (nSPS) is 19.1. The molecule has 216 valence electrons. The Morgan fingerprint density at radius 1 is 1.12 bits per heavy atom. The molecule has 1 aliphatic heterocycles. The molecule has 1 aliphatic rings. The summed E-state index contributed by atoms with van der Waals surface area (Å²) in [5.74, 6) is -1.35. The Labute approximate surface area is 250 Å². The number of carbonyl (C=O) groups is 1. The largest absolute Gasteiger partial charge is 0.460 e. The van der Waals surface area contributed by atoms with Crippen molar-refractivity contribution < 1.29 is 23.4 Å². The molecule has 0 aliphatic carbocycles. The van der Waals surface area contributed by atoms with Crippen LogP contribution in [0.3, 0.4) is 0 Å². The van der Waals surface area contributed by atoms with Crippen molar-refractivity contribution in [2.24, 2.45) is 0 Å². The van der Waals surface area contributed by atoms with E-state index in [2.05, 4.69) is 46.0 Å². The lowest BCUT2D eigenvalue weighted by Gasteiger charge is -2.41. The number of ether oxygens (including phenoxy) is 3. The molecule has 1 saturated heterocycles. The summed E-state index contributed by atoms with van der Waals surface area (Å²) in [6, 6.07) is 12.8. The third kappa shape index (κ3) is 7.50. The average molecular weight is 663 g/mol. The second kappa shape index (κ2) is 12.3. The zero-order valence-electron chi connectivity index (χ0n) is 24.5. The molecule has 1 aromatic carbocycles. The topological polar surface area (TPSA) is 62.6 Å². The molecule has 0 amide bonds. The highest BCUT2D eigenvalue weighted by molar-refractivity contribution is 14.1. The average Bonchev–Trinajstić information content (AvgIpc) is 3.13. The van der Waals surface area contributed by atoms with Gasteiger partial charge in [0.05, 0.1) is 28.0 Å². The first-order valence-electron chi connectivity index (χ1n) is 13.9. The van der Waals surface area contributed by atoms with Crippen molar-refractivity contribution in [1.82, 2.24) is 9.55 Å². The minimum atomic E-state index is -0.817. The maximum Gasteiger partial charge on any atom is 0.308 e. The third-order valence-electron chi connectivity index (χ3n) is 6.76. The van der Waals surface area contributed by atoms with E-state index in [0.717, 1.165) is 44.6 Å². The van der Waals surface area contributed by atoms with Crippen LogP contribution in [0.2, 0.25) is 0 Å². The monoisotopic (exact) mass is 662 g/mol. The fourth-order valence-corrected chi connectivity index (χ4v) is 6.85. The lowest BCUT2D eigenvalue weighted by molar-refractivity contribution is -0.300. The minimum absolute atomic E-state index is 0.108. The highest BCUT2D eigenvalue weighted by Gasteiger charge is 2.37. The van der Waals surface area contributed by atoms with Crippen LogP contribution in [-0.4, -0.2) is 39.1 Å². The Bertz CT molecular complexity index is 1310. The summed E-state index contributed by atoms with van der Waals surface area (Å²) in [5, 5.41) is 0. The molecule has 0 spiro atoms. The maximum atomic E-state index is 13.9. The van der Waals surface area contributed by atoms with E-state index >= 15 is 0 Å². The van der Waals surface area contributed by atoms with E-state index in [4.69, 9.17) is 14.2 Å². The van der Waals surface area contributed by atoms with E-state index in [0.29, 0.717) is 6.42 Å². The van der Waals surface area contributed by atoms with Crippen molar-refractivity contribution in [2.45, 2.75) is 104 Å². The highest BCUT2D eigenvalue weighted by atomic mass is 127. The molecule has 0 bridgehead atoms. The summed E-state index contributed by atoms with van der Waals surface area (Å²) in [6.45, 7) is 13.7. The first-order chi connectivity index (χ1) is 18.7. The van der Waals surface area contributed by atoms with Crippen LogP contribution < -0.4 is 0 Å². The molecular weight excluding hydrogens is 622 g/mol. The lowest BCUT2D eigenvalue weighted by Crippen LogP contribution is -2.45. The molecule has 2 atom stereocenters. The Kier molecular flexibility index (Phi) is 9.42. The summed E-state index contributed by atoms with van der Waals surface area (Å²) in [5.41, 5.74) is 4.56. The van der Waals surface area contributed by atoms with Crippen molar-refractivity contribution in [2.75, 3.05) is 0 Å². The fourth-order valence-electron chi connectivity index (χ4n) is 5.45. The molecule has 3 aromatic rings. The van der Waals surface area contributed by atoms with Crippen LogP contribution in [0.5, 0.6) is 0 Å². The standard InChI is InChI=1S/C32H40FIN2O4/c1-20(2)36-26(16-15-23-18-24(39-32(6,7)38-23)19-27(37)40-31(3,4)5)28(21-11-13-22(33)14-12-21)29(30(36)34)25-10-8-9-17-35-25/h8-14,17,20,23-24H,15-16,18-19H2,1-7H3/t23-,24-/m1/s1. The summed E-state index contributed by atoms with van der Waals surface area (Å²) in [4.78, 5) is 17.2. The van der Waals surface area contributed by atoms with E-state index in [1.165, 1.54) is 12.1 Å². The summed E-state index contributed by atoms with van der Waals surface area (Å²) in [7, 11) is 0. The van der Waals surface area contributed by atoms with Gasteiger partial charge in [-0.2, -0.15) is 0 Å². The van der Waals surface area contributed by atoms with Crippen molar-refractivity contribution >= 4 is 28.6 Å². The van der Waals surface area contributed by atoms with Gasteiger partial charge < -0.3 is 18.8 Å². The number of hydrogen-bond acceptors (Lipinski definition) is 5. The summed E-state index contributed by atoms with van der Waals surface area (Å²) < 4.78 is 35.4. The SMILES string of the molecule is CC(C)n1c(I)c(-c2ccccn2)c(-c2ccc(F)cc2)c1CC[C@@H]1C[C@H](CC(=O)OC(C)(C)C)OC(C)(C)O1. The van der Waals surface area contributed by atoms with Crippen LogP contribution in [0.1, 0.15) is 79.5 Å². The van der Waals surface area contributed by atoms with E-state index < -0.39 is 11.4 Å². The molecule has 6 nitrogen and oxygen atoms in total. The summed E-state index contributed by atoms with van der Waals surface area (Å²) >= 11 is 2.41. The number of esters is 1. The van der Waals surface area contributed by atoms with Crippen LogP contribution in [0.15, 0.2) is 48.7 Å². The number of rotatable bonds is 8. The van der Waals surface area contributed by atoms with Gasteiger partial charge in [0.1, 0.15) is 11.4 Å². The van der Waals surface area contributed by atoms with Crippen molar-refractivity contribution in [3.05, 3.63) is 63.9 Å². The van der Waals surface area contributed by atoms with Gasteiger partial charge in [-0.05, 0) is 114 Å². The van der Waals surface area contributed by atoms with E-state index in [1.807, 2.05) is 65.0 Å². The highest BCUT2D eigenvalue weighted by Crippen LogP contribution is 2.43. The molecule has 8 heteroatoms. The molecule has 2 aromatic heterocycles. The van der Waals surface area contributed by atoms with Gasteiger partial charge in [0.25, 0.3) is 0 Å². The smallest absolute Gasteiger partial charge is 0.308 e. The maximum absolute atomic E-state index is 13.9. The molecule has 0 saturated carbocycles. The van der Waals surface area contributed by atoms with Crippen LogP contribution in [0, 0.1) is 9.52 Å². The first-order valence-corrected chi connectivity index (χ1v) is 15.0. The van der Waals surface area contributed by atoms with Gasteiger partial charge >= 0.3 is 5.97 Å². The molecule has 0 radical (unpaired) electrons. The zero-order chi connectivity index (χ0) is 29.2. The second-order valence-corrected chi connectivity index (χ2v) is 13.1. The molecule has 0 N–H and O–H groups in total. The minimum Gasteiger partial charge on any atom is -0.460 e. The van der Waals surface area contributed by atoms with Crippen LogP contribution in [0.4, 0.5) is 4.39 Å². The Morgan fingerprint density at radius 3 is 2.40 bits per heavy atom. The van der Waals surface area contributed by atoms with E-state index in [-0.39, 0.29) is 36.5 Å². The van der Waals surface area contributed by atoms with Gasteiger partial charge in [-0.3, -0.25) is 9.78 Å². The van der Waals surface area contributed by atoms with Gasteiger partial charge in [-0.1, -0.05) is 18.2 Å². The molecule has 0 unspecified atom stereocenters. The van der Waals surface area contributed by atoms with Crippen molar-refractivity contribution in [3.8, 4) is 22.4 Å². The predicted molar refractivity (Wildman–Crippen MR) is 163 cm³/mol. The molecule has 40 heavy (non-hydrogen) atoms. The lowest BCUT2D eigenvalue weighted by atomic mass is 9.95.